The number of nitrogens with one attached hydrogen (secondary N) is 2. The van der Waals surface area contributed by atoms with Gasteiger partial charge < -0.3 is 35.5 Å². The summed E-state index contributed by atoms with van der Waals surface area (Å²) in [7, 11) is 3.31. The number of fused-ring (bicyclic) bond motifs is 5. The number of hydrogen-bond donors (Lipinski definition) is 5. The van der Waals surface area contributed by atoms with Crippen LogP contribution in [0.2, 0.25) is 0 Å². The molecule has 0 unspecified atom stereocenters. The number of aromatic hydroxyl groups is 1. The van der Waals surface area contributed by atoms with Crippen LogP contribution in [0.5, 0.6) is 23.0 Å². The van der Waals surface area contributed by atoms with Gasteiger partial charge in [-0.15, -0.1) is 0 Å². The number of phenols is 1. The van der Waals surface area contributed by atoms with E-state index in [2.05, 4.69) is 47.4 Å². The number of nitrogens with two attached hydrogens (primary N) is 1. The summed E-state index contributed by atoms with van der Waals surface area (Å²) in [6.07, 6.45) is 3.07. The van der Waals surface area contributed by atoms with Gasteiger partial charge in [-0.05, 0) is 68.2 Å². The first-order valence-electron chi connectivity index (χ1n) is 15.9. The number of rotatable bonds is 9. The predicted octanol–water partition coefficient (Wildman–Crippen LogP) is 3.25. The van der Waals surface area contributed by atoms with Crippen molar-refractivity contribution >= 4 is 11.7 Å². The monoisotopic (exact) mass is 620 g/mol. The third kappa shape index (κ3) is 9.28. The number of methoxy groups -OCH3 is 1. The zero-order valence-corrected chi connectivity index (χ0v) is 27.0. The molecule has 0 saturated carbocycles. The van der Waals surface area contributed by atoms with E-state index in [4.69, 9.17) is 19.9 Å². The van der Waals surface area contributed by atoms with E-state index in [0.717, 1.165) is 35.1 Å². The Morgan fingerprint density at radius 2 is 2.00 bits per heavy atom. The van der Waals surface area contributed by atoms with Crippen LogP contribution in [-0.4, -0.2) is 68.6 Å². The van der Waals surface area contributed by atoms with Gasteiger partial charge in [-0.25, -0.2) is 0 Å². The molecule has 244 valence electrons. The number of nitrogens with zero attached hydrogens (tertiary/aromatic N) is 1. The van der Waals surface area contributed by atoms with E-state index in [1.807, 2.05) is 7.05 Å². The topological polar surface area (TPSA) is 148 Å². The van der Waals surface area contributed by atoms with Gasteiger partial charge in [0.25, 0.3) is 0 Å². The maximum Gasteiger partial charge on any atom is 0.188 e. The Morgan fingerprint density at radius 3 is 2.76 bits per heavy atom. The van der Waals surface area contributed by atoms with Crippen LogP contribution in [0.15, 0.2) is 23.2 Å². The van der Waals surface area contributed by atoms with Crippen LogP contribution in [-0.2, 0) is 30.5 Å². The molecule has 6 N–H and O–H groups in total. The number of guanidine groups is 1. The van der Waals surface area contributed by atoms with Crippen LogP contribution >= 0.6 is 0 Å². The van der Waals surface area contributed by atoms with Crippen LogP contribution in [0, 0.1) is 23.7 Å². The molecular weight excluding hydrogens is 572 g/mol. The normalized spacial score (nSPS) is 18.8. The SMILES string of the molecule is CNCOc1c2cc(c3c1OC[C@H](CCNC(N)=NCC(C)C)C3)CC[C@@H](O)CC(=O)CCc1ccc(O)c(OC)c1C#CC2. The Hall–Kier alpha value is -3.94. The van der Waals surface area contributed by atoms with E-state index in [1.54, 1.807) is 12.1 Å². The Balaban J connectivity index is 1.68. The number of aliphatic imine (C=N–C) groups is 1. The fraction of sp³-hybridized carbons (Fsp3) is 0.543. The number of ether oxygens (including phenoxy) is 3. The third-order valence-electron chi connectivity index (χ3n) is 8.11. The fourth-order valence-corrected chi connectivity index (χ4v) is 5.76. The molecule has 0 fully saturated rings. The van der Waals surface area contributed by atoms with Gasteiger partial charge in [0.15, 0.2) is 29.0 Å². The molecule has 1 aliphatic heterocycles. The second-order valence-electron chi connectivity index (χ2n) is 12.3. The van der Waals surface area contributed by atoms with Gasteiger partial charge in [-0.1, -0.05) is 37.8 Å². The molecule has 2 aromatic carbocycles. The van der Waals surface area contributed by atoms with Crippen molar-refractivity contribution in [3.63, 3.8) is 0 Å². The Kier molecular flexibility index (Phi) is 12.4. The summed E-state index contributed by atoms with van der Waals surface area (Å²) < 4.78 is 18.1. The van der Waals surface area contributed by atoms with E-state index in [0.29, 0.717) is 81.1 Å². The quantitative estimate of drug-likeness (QED) is 0.123. The number of phenolic OH excluding ortho intramolecular Hbond substituents is 1. The molecular formula is C35H48N4O6. The minimum Gasteiger partial charge on any atom is -0.504 e. The molecule has 45 heavy (non-hydrogen) atoms. The lowest BCUT2D eigenvalue weighted by Crippen LogP contribution is -2.35. The van der Waals surface area contributed by atoms with Crippen LogP contribution in [0.4, 0.5) is 0 Å². The summed E-state index contributed by atoms with van der Waals surface area (Å²) in [6.45, 7) is 6.40. The lowest BCUT2D eigenvalue weighted by Gasteiger charge is -2.30. The highest BCUT2D eigenvalue weighted by atomic mass is 16.5. The number of hydrogen-bond acceptors (Lipinski definition) is 8. The number of aliphatic hydroxyl groups excluding tert-OH is 1. The molecule has 0 spiro atoms. The maximum absolute atomic E-state index is 12.8. The molecule has 10 nitrogen and oxygen atoms in total. The van der Waals surface area contributed by atoms with E-state index >= 15 is 0 Å². The molecule has 4 rings (SSSR count). The highest BCUT2D eigenvalue weighted by Gasteiger charge is 2.28. The molecule has 10 heteroatoms. The van der Waals surface area contributed by atoms with E-state index in [1.165, 1.54) is 7.11 Å². The Bertz CT molecular complexity index is 1430. The molecule has 0 radical (unpaired) electrons. The lowest BCUT2D eigenvalue weighted by molar-refractivity contribution is -0.121. The van der Waals surface area contributed by atoms with Crippen molar-refractivity contribution in [2.45, 2.75) is 71.3 Å². The zero-order chi connectivity index (χ0) is 32.3. The molecule has 0 aromatic heterocycles. The van der Waals surface area contributed by atoms with E-state index < -0.39 is 6.10 Å². The van der Waals surface area contributed by atoms with Crippen molar-refractivity contribution in [1.82, 2.24) is 10.6 Å². The number of carbonyl (C=O) groups excluding carboxylic acids is 1. The molecule has 2 aliphatic rings. The smallest absolute Gasteiger partial charge is 0.188 e. The molecule has 2 atom stereocenters. The molecule has 2 bridgehead atoms. The first-order chi connectivity index (χ1) is 21.7. The fourth-order valence-electron chi connectivity index (χ4n) is 5.76. The van der Waals surface area contributed by atoms with Gasteiger partial charge in [-0.2, -0.15) is 0 Å². The standard InChI is InChI=1S/C35H48N4O6/c1-22(2)19-39-35(36)38-15-14-23-16-30-25-9-12-28(41)18-27(40)11-8-24-10-13-31(42)33(43-4)29(24)7-5-6-26(17-25)32(45-21-37-3)34(30)44-20-23/h10,13,17,22-23,28,37,41-42H,6,8-9,11-12,14-16,18-21H2,1-4H3,(H3,36,38,39)/t23-,28-/m1/s1. The maximum atomic E-state index is 12.8. The van der Waals surface area contributed by atoms with Crippen LogP contribution < -0.4 is 30.6 Å². The second-order valence-corrected chi connectivity index (χ2v) is 12.3. The minimum atomic E-state index is -0.760. The lowest BCUT2D eigenvalue weighted by atomic mass is 9.86. The van der Waals surface area contributed by atoms with Crippen molar-refractivity contribution in [2.24, 2.45) is 22.6 Å². The Morgan fingerprint density at radius 1 is 1.18 bits per heavy atom. The van der Waals surface area contributed by atoms with E-state index in [9.17, 15) is 15.0 Å². The molecule has 1 aliphatic carbocycles. The van der Waals surface area contributed by atoms with Crippen molar-refractivity contribution in [3.05, 3.63) is 46.0 Å². The predicted molar refractivity (Wildman–Crippen MR) is 175 cm³/mol. The highest BCUT2D eigenvalue weighted by molar-refractivity contribution is 5.79. The van der Waals surface area contributed by atoms with Crippen molar-refractivity contribution in [1.29, 1.82) is 0 Å². The largest absolute Gasteiger partial charge is 0.504 e. The summed E-state index contributed by atoms with van der Waals surface area (Å²) in [4.78, 5) is 17.2. The van der Waals surface area contributed by atoms with Crippen molar-refractivity contribution in [3.8, 4) is 34.8 Å². The van der Waals surface area contributed by atoms with Gasteiger partial charge in [0.05, 0.1) is 25.4 Å². The summed E-state index contributed by atoms with van der Waals surface area (Å²) in [5.74, 6) is 9.25. The minimum absolute atomic E-state index is 0.0111. The van der Waals surface area contributed by atoms with Gasteiger partial charge in [0.1, 0.15) is 12.5 Å². The number of aryl methyl sites for hydroxylation is 2. The summed E-state index contributed by atoms with van der Waals surface area (Å²) in [5.41, 5.74) is 10.4. The van der Waals surface area contributed by atoms with Crippen LogP contribution in [0.1, 0.15) is 67.3 Å². The number of benzene rings is 2. The van der Waals surface area contributed by atoms with Crippen LogP contribution in [0.25, 0.3) is 0 Å². The van der Waals surface area contributed by atoms with Gasteiger partial charge in [0.2, 0.25) is 0 Å². The second kappa shape index (κ2) is 16.4. The number of carbonyl (C=O) groups is 1. The average Bonchev–Trinajstić information content (AvgIpc) is 3.01. The van der Waals surface area contributed by atoms with Gasteiger partial charge >= 0.3 is 0 Å². The summed E-state index contributed by atoms with van der Waals surface area (Å²) in [6, 6.07) is 5.44. The number of ketones is 1. The first kappa shape index (κ1) is 33.9. The van der Waals surface area contributed by atoms with Crippen molar-refractivity contribution in [2.75, 3.05) is 40.6 Å². The van der Waals surface area contributed by atoms with Crippen molar-refractivity contribution < 1.29 is 29.2 Å². The molecule has 2 aromatic rings. The number of Topliss-reactive ketones (excluding diaryl/α,β-unsaturated/α-hetero) is 1. The van der Waals surface area contributed by atoms with Crippen LogP contribution in [0.3, 0.4) is 0 Å². The third-order valence-corrected chi connectivity index (χ3v) is 8.11. The molecule has 0 saturated heterocycles. The molecule has 0 amide bonds. The number of aliphatic hydroxyl groups is 1. The van der Waals surface area contributed by atoms with E-state index in [-0.39, 0.29) is 36.0 Å². The highest BCUT2D eigenvalue weighted by Crippen LogP contribution is 2.43. The Labute approximate surface area is 266 Å². The average molecular weight is 621 g/mol. The zero-order valence-electron chi connectivity index (χ0n) is 27.0. The van der Waals surface area contributed by atoms with Gasteiger partial charge in [-0.3, -0.25) is 15.1 Å². The summed E-state index contributed by atoms with van der Waals surface area (Å²) >= 11 is 0. The van der Waals surface area contributed by atoms with Gasteiger partial charge in [0, 0.05) is 43.5 Å². The molecule has 1 heterocycles. The summed E-state index contributed by atoms with van der Waals surface area (Å²) in [5, 5.41) is 27.6. The first-order valence-corrected chi connectivity index (χ1v) is 15.9.